The molecular weight excluding hydrogens is 158 g/mol. The maximum Gasteiger partial charge on any atom is 0.0438 e. The van der Waals surface area contributed by atoms with Crippen LogP contribution < -0.4 is 0 Å². The van der Waals surface area contributed by atoms with Crippen LogP contribution in [0.15, 0.2) is 18.3 Å². The van der Waals surface area contributed by atoms with E-state index in [9.17, 15) is 0 Å². The summed E-state index contributed by atoms with van der Waals surface area (Å²) in [7, 11) is 0. The van der Waals surface area contributed by atoms with Gasteiger partial charge in [0.1, 0.15) is 0 Å². The Kier molecular flexibility index (Phi) is 2.62. The molecule has 1 heteroatoms. The highest BCUT2D eigenvalue weighted by atomic mass is 14.7. The standard InChI is InChI=1S/C12H17N/c1-2-3-6-12-11(10-7-8-10)5-4-9-13-12/h4-5,9-10H,2-3,6-8H2,1H3. The summed E-state index contributed by atoms with van der Waals surface area (Å²) in [5, 5.41) is 0. The first-order valence-corrected chi connectivity index (χ1v) is 5.35. The largest absolute Gasteiger partial charge is 0.261 e. The minimum atomic E-state index is 0.848. The molecule has 1 aromatic heterocycles. The molecule has 70 valence electrons. The van der Waals surface area contributed by atoms with Crippen LogP contribution in [0.25, 0.3) is 0 Å². The van der Waals surface area contributed by atoms with Crippen molar-refractivity contribution in [2.45, 2.75) is 44.9 Å². The lowest BCUT2D eigenvalue weighted by Crippen LogP contribution is -1.95. The number of pyridine rings is 1. The van der Waals surface area contributed by atoms with E-state index in [0.29, 0.717) is 0 Å². The highest BCUT2D eigenvalue weighted by Gasteiger charge is 2.25. The van der Waals surface area contributed by atoms with Gasteiger partial charge in [-0.1, -0.05) is 19.4 Å². The topological polar surface area (TPSA) is 12.9 Å². The van der Waals surface area contributed by atoms with Crippen molar-refractivity contribution in [1.29, 1.82) is 0 Å². The Bertz CT molecular complexity index is 276. The second-order valence-electron chi connectivity index (χ2n) is 3.92. The number of hydrogen-bond donors (Lipinski definition) is 0. The van der Waals surface area contributed by atoms with Crippen molar-refractivity contribution in [2.24, 2.45) is 0 Å². The average molecular weight is 175 g/mol. The third kappa shape index (κ3) is 2.09. The van der Waals surface area contributed by atoms with Gasteiger partial charge in [0.05, 0.1) is 0 Å². The zero-order valence-corrected chi connectivity index (χ0v) is 8.29. The highest BCUT2D eigenvalue weighted by Crippen LogP contribution is 2.41. The number of rotatable bonds is 4. The normalized spacial score (nSPS) is 16.1. The van der Waals surface area contributed by atoms with Crippen molar-refractivity contribution in [3.8, 4) is 0 Å². The van der Waals surface area contributed by atoms with Crippen LogP contribution in [-0.4, -0.2) is 4.98 Å². The zero-order chi connectivity index (χ0) is 9.10. The summed E-state index contributed by atoms with van der Waals surface area (Å²) >= 11 is 0. The number of unbranched alkanes of at least 4 members (excludes halogenated alkanes) is 1. The number of aromatic nitrogens is 1. The van der Waals surface area contributed by atoms with Gasteiger partial charge in [0, 0.05) is 11.9 Å². The SMILES string of the molecule is CCCCc1ncccc1C1CC1. The number of aryl methyl sites for hydroxylation is 1. The molecule has 1 aromatic rings. The van der Waals surface area contributed by atoms with E-state index in [1.807, 2.05) is 6.20 Å². The predicted molar refractivity (Wildman–Crippen MR) is 54.8 cm³/mol. The van der Waals surface area contributed by atoms with Crippen molar-refractivity contribution < 1.29 is 0 Å². The maximum atomic E-state index is 4.48. The lowest BCUT2D eigenvalue weighted by Gasteiger charge is -2.05. The van der Waals surface area contributed by atoms with Crippen molar-refractivity contribution >= 4 is 0 Å². The van der Waals surface area contributed by atoms with Crippen LogP contribution in [0.3, 0.4) is 0 Å². The molecule has 0 N–H and O–H groups in total. The van der Waals surface area contributed by atoms with Crippen LogP contribution in [0.2, 0.25) is 0 Å². The first-order chi connectivity index (χ1) is 6.42. The van der Waals surface area contributed by atoms with Gasteiger partial charge in [-0.3, -0.25) is 4.98 Å². The summed E-state index contributed by atoms with van der Waals surface area (Å²) < 4.78 is 0. The minimum absolute atomic E-state index is 0.848. The molecule has 1 heterocycles. The molecule has 1 fully saturated rings. The van der Waals surface area contributed by atoms with Gasteiger partial charge in [0.15, 0.2) is 0 Å². The van der Waals surface area contributed by atoms with E-state index in [4.69, 9.17) is 0 Å². The monoisotopic (exact) mass is 175 g/mol. The van der Waals surface area contributed by atoms with Gasteiger partial charge in [-0.25, -0.2) is 0 Å². The van der Waals surface area contributed by atoms with Gasteiger partial charge in [0.2, 0.25) is 0 Å². The third-order valence-corrected chi connectivity index (χ3v) is 2.71. The van der Waals surface area contributed by atoms with E-state index in [-0.39, 0.29) is 0 Å². The molecular formula is C12H17N. The van der Waals surface area contributed by atoms with Gasteiger partial charge in [-0.05, 0) is 43.2 Å². The Morgan fingerprint density at radius 2 is 2.31 bits per heavy atom. The molecule has 0 aliphatic heterocycles. The van der Waals surface area contributed by atoms with Crippen molar-refractivity contribution in [1.82, 2.24) is 4.98 Å². The van der Waals surface area contributed by atoms with E-state index in [1.165, 1.54) is 43.4 Å². The third-order valence-electron chi connectivity index (χ3n) is 2.71. The minimum Gasteiger partial charge on any atom is -0.261 e. The summed E-state index contributed by atoms with van der Waals surface area (Å²) in [5.41, 5.74) is 2.88. The fraction of sp³-hybridized carbons (Fsp3) is 0.583. The van der Waals surface area contributed by atoms with Gasteiger partial charge in [0.25, 0.3) is 0 Å². The molecule has 0 aromatic carbocycles. The van der Waals surface area contributed by atoms with E-state index in [2.05, 4.69) is 24.0 Å². The van der Waals surface area contributed by atoms with Crippen LogP contribution in [0.5, 0.6) is 0 Å². The first kappa shape index (κ1) is 8.74. The fourth-order valence-corrected chi connectivity index (χ4v) is 1.77. The summed E-state index contributed by atoms with van der Waals surface area (Å²) in [5.74, 6) is 0.848. The average Bonchev–Trinajstić information content (AvgIpc) is 2.98. The summed E-state index contributed by atoms with van der Waals surface area (Å²) in [6, 6.07) is 4.33. The molecule has 1 aliphatic rings. The summed E-state index contributed by atoms with van der Waals surface area (Å²) in [6.07, 6.45) is 8.40. The van der Waals surface area contributed by atoms with E-state index < -0.39 is 0 Å². The lowest BCUT2D eigenvalue weighted by molar-refractivity contribution is 0.765. The summed E-state index contributed by atoms with van der Waals surface area (Å²) in [6.45, 7) is 2.24. The van der Waals surface area contributed by atoms with Crippen LogP contribution >= 0.6 is 0 Å². The van der Waals surface area contributed by atoms with Crippen LogP contribution in [-0.2, 0) is 6.42 Å². The Balaban J connectivity index is 2.12. The molecule has 0 amide bonds. The van der Waals surface area contributed by atoms with Gasteiger partial charge >= 0.3 is 0 Å². The van der Waals surface area contributed by atoms with Crippen LogP contribution in [0, 0.1) is 0 Å². The molecule has 0 spiro atoms. The molecule has 0 atom stereocenters. The molecule has 1 nitrogen and oxygen atoms in total. The first-order valence-electron chi connectivity index (χ1n) is 5.35. The molecule has 2 rings (SSSR count). The van der Waals surface area contributed by atoms with E-state index >= 15 is 0 Å². The molecule has 0 radical (unpaired) electrons. The second kappa shape index (κ2) is 3.91. The zero-order valence-electron chi connectivity index (χ0n) is 8.29. The van der Waals surface area contributed by atoms with Gasteiger partial charge in [-0.2, -0.15) is 0 Å². The molecule has 0 unspecified atom stereocenters. The molecule has 13 heavy (non-hydrogen) atoms. The van der Waals surface area contributed by atoms with Gasteiger partial charge < -0.3 is 0 Å². The number of hydrogen-bond acceptors (Lipinski definition) is 1. The Labute approximate surface area is 80.2 Å². The van der Waals surface area contributed by atoms with Crippen LogP contribution in [0.1, 0.15) is 49.8 Å². The number of nitrogens with zero attached hydrogens (tertiary/aromatic N) is 1. The Morgan fingerprint density at radius 3 is 3.00 bits per heavy atom. The predicted octanol–water partition coefficient (Wildman–Crippen LogP) is 3.30. The quantitative estimate of drug-likeness (QED) is 0.684. The molecule has 1 aliphatic carbocycles. The van der Waals surface area contributed by atoms with Gasteiger partial charge in [-0.15, -0.1) is 0 Å². The fourth-order valence-electron chi connectivity index (χ4n) is 1.77. The van der Waals surface area contributed by atoms with Crippen molar-refractivity contribution in [2.75, 3.05) is 0 Å². The van der Waals surface area contributed by atoms with Crippen molar-refractivity contribution in [3.05, 3.63) is 29.6 Å². The molecule has 0 saturated heterocycles. The van der Waals surface area contributed by atoms with Crippen molar-refractivity contribution in [3.63, 3.8) is 0 Å². The molecule has 1 saturated carbocycles. The Hall–Kier alpha value is -0.850. The second-order valence-corrected chi connectivity index (χ2v) is 3.92. The van der Waals surface area contributed by atoms with E-state index in [0.717, 1.165) is 5.92 Å². The lowest BCUT2D eigenvalue weighted by atomic mass is 10.0. The molecule has 0 bridgehead atoms. The highest BCUT2D eigenvalue weighted by molar-refractivity contribution is 5.27. The maximum absolute atomic E-state index is 4.48. The van der Waals surface area contributed by atoms with Crippen LogP contribution in [0.4, 0.5) is 0 Å². The summed E-state index contributed by atoms with van der Waals surface area (Å²) in [4.78, 5) is 4.48. The smallest absolute Gasteiger partial charge is 0.0438 e. The Morgan fingerprint density at radius 1 is 1.46 bits per heavy atom. The van der Waals surface area contributed by atoms with E-state index in [1.54, 1.807) is 0 Å².